The smallest absolute Gasteiger partial charge is 0.120 e. The fourth-order valence-corrected chi connectivity index (χ4v) is 1.51. The summed E-state index contributed by atoms with van der Waals surface area (Å²) >= 11 is 0. The number of nitrogens with one attached hydrogen (secondary N) is 2. The molecule has 17 heavy (non-hydrogen) atoms. The first-order chi connectivity index (χ1) is 8.40. The molecule has 0 aliphatic rings. The van der Waals surface area contributed by atoms with Crippen LogP contribution in [0.25, 0.3) is 11.3 Å². The maximum Gasteiger partial charge on any atom is 0.120 e. The highest BCUT2D eigenvalue weighted by Crippen LogP contribution is 2.14. The van der Waals surface area contributed by atoms with Gasteiger partial charge < -0.3 is 15.0 Å². The minimum absolute atomic E-state index is 0.706. The summed E-state index contributed by atoms with van der Waals surface area (Å²) in [7, 11) is 1.69. The van der Waals surface area contributed by atoms with E-state index in [0.29, 0.717) is 13.2 Å². The third-order valence-corrected chi connectivity index (χ3v) is 2.40. The van der Waals surface area contributed by atoms with E-state index < -0.39 is 0 Å². The van der Waals surface area contributed by atoms with Gasteiger partial charge in [-0.2, -0.15) is 0 Å². The first-order valence-electron chi connectivity index (χ1n) is 5.54. The molecule has 0 unspecified atom stereocenters. The minimum Gasteiger partial charge on any atom is -0.383 e. The van der Waals surface area contributed by atoms with Crippen LogP contribution in [0.2, 0.25) is 0 Å². The molecule has 5 heteroatoms. The van der Waals surface area contributed by atoms with Gasteiger partial charge in [-0.15, -0.1) is 0 Å². The molecule has 0 spiro atoms. The summed E-state index contributed by atoms with van der Waals surface area (Å²) < 4.78 is 4.95. The van der Waals surface area contributed by atoms with E-state index in [1.807, 2.05) is 18.3 Å². The number of H-pyrrole nitrogens is 1. The fraction of sp³-hybridized carbons (Fsp3) is 0.333. The molecule has 2 heterocycles. The predicted octanol–water partition coefficient (Wildman–Crippen LogP) is 1.21. The molecule has 0 amide bonds. The average Bonchev–Trinajstić information content (AvgIpc) is 2.85. The van der Waals surface area contributed by atoms with Crippen LogP contribution >= 0.6 is 0 Å². The normalized spacial score (nSPS) is 10.6. The second kappa shape index (κ2) is 6.12. The van der Waals surface area contributed by atoms with E-state index in [0.717, 1.165) is 23.6 Å². The first kappa shape index (κ1) is 11.8. The van der Waals surface area contributed by atoms with E-state index in [1.165, 1.54) is 0 Å². The van der Waals surface area contributed by atoms with Crippen LogP contribution in [-0.4, -0.2) is 35.2 Å². The molecule has 0 aliphatic heterocycles. The molecule has 0 fully saturated rings. The summed E-state index contributed by atoms with van der Waals surface area (Å²) in [6.07, 6.45) is 5.38. The molecule has 90 valence electrons. The minimum atomic E-state index is 0.706. The Bertz CT molecular complexity index is 441. The lowest BCUT2D eigenvalue weighted by Gasteiger charge is -2.01. The highest BCUT2D eigenvalue weighted by atomic mass is 16.5. The molecule has 5 nitrogen and oxygen atoms in total. The summed E-state index contributed by atoms with van der Waals surface area (Å²) in [5, 5.41) is 3.24. The molecule has 0 atom stereocenters. The predicted molar refractivity (Wildman–Crippen MR) is 65.4 cm³/mol. The van der Waals surface area contributed by atoms with Gasteiger partial charge in [0.05, 0.1) is 25.0 Å². The zero-order valence-corrected chi connectivity index (χ0v) is 9.81. The van der Waals surface area contributed by atoms with Crippen LogP contribution < -0.4 is 5.32 Å². The van der Waals surface area contributed by atoms with Crippen LogP contribution in [0, 0.1) is 0 Å². The van der Waals surface area contributed by atoms with Crippen LogP contribution in [0.4, 0.5) is 0 Å². The van der Waals surface area contributed by atoms with Gasteiger partial charge in [0, 0.05) is 31.6 Å². The zero-order chi connectivity index (χ0) is 11.9. The number of hydrogen-bond acceptors (Lipinski definition) is 4. The molecular weight excluding hydrogens is 216 g/mol. The van der Waals surface area contributed by atoms with E-state index in [1.54, 1.807) is 19.5 Å². The van der Waals surface area contributed by atoms with Crippen molar-refractivity contribution in [2.24, 2.45) is 0 Å². The van der Waals surface area contributed by atoms with Gasteiger partial charge in [-0.1, -0.05) is 0 Å². The Morgan fingerprint density at radius 1 is 1.35 bits per heavy atom. The first-order valence-corrected chi connectivity index (χ1v) is 5.54. The number of nitrogens with zero attached hydrogens (tertiary/aromatic N) is 2. The molecule has 0 aliphatic carbocycles. The third kappa shape index (κ3) is 3.37. The van der Waals surface area contributed by atoms with Crippen LogP contribution in [-0.2, 0) is 11.3 Å². The summed E-state index contributed by atoms with van der Waals surface area (Å²) in [4.78, 5) is 11.6. The SMILES string of the molecule is COCCNCc1ncc(-c2ccncc2)[nH]1. The lowest BCUT2D eigenvalue weighted by Crippen LogP contribution is -2.19. The van der Waals surface area contributed by atoms with Crippen molar-refractivity contribution in [3.8, 4) is 11.3 Å². The van der Waals surface area contributed by atoms with Gasteiger partial charge in [0.15, 0.2) is 0 Å². The molecule has 2 N–H and O–H groups in total. The lowest BCUT2D eigenvalue weighted by atomic mass is 10.2. The topological polar surface area (TPSA) is 62.8 Å². The van der Waals surface area contributed by atoms with Crippen LogP contribution in [0.1, 0.15) is 5.82 Å². The third-order valence-electron chi connectivity index (χ3n) is 2.40. The van der Waals surface area contributed by atoms with Gasteiger partial charge >= 0.3 is 0 Å². The van der Waals surface area contributed by atoms with Crippen molar-refractivity contribution in [2.45, 2.75) is 6.54 Å². The molecule has 0 saturated heterocycles. The van der Waals surface area contributed by atoms with E-state index in [2.05, 4.69) is 20.3 Å². The van der Waals surface area contributed by atoms with Crippen LogP contribution in [0.5, 0.6) is 0 Å². The number of rotatable bonds is 6. The summed E-state index contributed by atoms with van der Waals surface area (Å²) in [6, 6.07) is 3.91. The van der Waals surface area contributed by atoms with E-state index in [4.69, 9.17) is 4.74 Å². The van der Waals surface area contributed by atoms with Crippen molar-refractivity contribution >= 4 is 0 Å². The number of hydrogen-bond donors (Lipinski definition) is 2. The van der Waals surface area contributed by atoms with Gasteiger partial charge in [-0.25, -0.2) is 4.98 Å². The summed E-state index contributed by atoms with van der Waals surface area (Å²) in [6.45, 7) is 2.24. The van der Waals surface area contributed by atoms with Gasteiger partial charge in [0.25, 0.3) is 0 Å². The number of ether oxygens (including phenoxy) is 1. The van der Waals surface area contributed by atoms with Gasteiger partial charge in [-0.05, 0) is 12.1 Å². The van der Waals surface area contributed by atoms with Crippen molar-refractivity contribution in [3.05, 3.63) is 36.5 Å². The highest BCUT2D eigenvalue weighted by molar-refractivity contribution is 5.57. The molecular formula is C12H16N4O. The number of pyridine rings is 1. The Hall–Kier alpha value is -1.72. The van der Waals surface area contributed by atoms with E-state index in [-0.39, 0.29) is 0 Å². The van der Waals surface area contributed by atoms with Crippen molar-refractivity contribution in [3.63, 3.8) is 0 Å². The number of methoxy groups -OCH3 is 1. The monoisotopic (exact) mass is 232 g/mol. The van der Waals surface area contributed by atoms with Crippen LogP contribution in [0.15, 0.2) is 30.7 Å². The molecule has 2 aromatic heterocycles. The molecule has 0 saturated carbocycles. The molecule has 2 aromatic rings. The Morgan fingerprint density at radius 3 is 2.94 bits per heavy atom. The Kier molecular flexibility index (Phi) is 4.23. The van der Waals surface area contributed by atoms with Crippen molar-refractivity contribution < 1.29 is 4.74 Å². The van der Waals surface area contributed by atoms with E-state index >= 15 is 0 Å². The number of aromatic nitrogens is 3. The quantitative estimate of drug-likeness (QED) is 0.735. The van der Waals surface area contributed by atoms with Crippen LogP contribution in [0.3, 0.4) is 0 Å². The Morgan fingerprint density at radius 2 is 2.18 bits per heavy atom. The lowest BCUT2D eigenvalue weighted by molar-refractivity contribution is 0.199. The number of imidazole rings is 1. The summed E-state index contributed by atoms with van der Waals surface area (Å²) in [5.41, 5.74) is 2.10. The van der Waals surface area contributed by atoms with Gasteiger partial charge in [0.2, 0.25) is 0 Å². The van der Waals surface area contributed by atoms with Crippen molar-refractivity contribution in [2.75, 3.05) is 20.3 Å². The zero-order valence-electron chi connectivity index (χ0n) is 9.81. The van der Waals surface area contributed by atoms with Gasteiger partial charge in [-0.3, -0.25) is 4.98 Å². The molecule has 0 bridgehead atoms. The summed E-state index contributed by atoms with van der Waals surface area (Å²) in [5.74, 6) is 0.924. The van der Waals surface area contributed by atoms with E-state index in [9.17, 15) is 0 Å². The molecule has 2 rings (SSSR count). The second-order valence-electron chi connectivity index (χ2n) is 3.65. The standard InChI is InChI=1S/C12H16N4O/c1-17-7-6-14-9-12-15-8-11(16-12)10-2-4-13-5-3-10/h2-5,8,14H,6-7,9H2,1H3,(H,15,16). The molecule has 0 aromatic carbocycles. The highest BCUT2D eigenvalue weighted by Gasteiger charge is 2.02. The maximum absolute atomic E-state index is 4.95. The molecule has 0 radical (unpaired) electrons. The second-order valence-corrected chi connectivity index (χ2v) is 3.65. The van der Waals surface area contributed by atoms with Crippen molar-refractivity contribution in [1.82, 2.24) is 20.3 Å². The van der Waals surface area contributed by atoms with Crippen molar-refractivity contribution in [1.29, 1.82) is 0 Å². The Balaban J connectivity index is 1.92. The maximum atomic E-state index is 4.95. The average molecular weight is 232 g/mol. The Labute approximate surface area is 100 Å². The number of aromatic amines is 1. The largest absolute Gasteiger partial charge is 0.383 e. The van der Waals surface area contributed by atoms with Gasteiger partial charge in [0.1, 0.15) is 5.82 Å². The fourth-order valence-electron chi connectivity index (χ4n) is 1.51.